The molecule has 1 saturated heterocycles. The quantitative estimate of drug-likeness (QED) is 0.534. The number of ether oxygens (including phenoxy) is 2. The Bertz CT molecular complexity index is 1090. The molecule has 0 bridgehead atoms. The molecule has 1 unspecified atom stereocenters. The lowest BCUT2D eigenvalue weighted by atomic mass is 10.1. The number of hydrogen-bond acceptors (Lipinski definition) is 5. The van der Waals surface area contributed by atoms with E-state index in [0.29, 0.717) is 16.3 Å². The van der Waals surface area contributed by atoms with Gasteiger partial charge in [-0.3, -0.25) is 4.79 Å². The van der Waals surface area contributed by atoms with E-state index in [9.17, 15) is 9.59 Å². The Morgan fingerprint density at radius 3 is 2.55 bits per heavy atom. The summed E-state index contributed by atoms with van der Waals surface area (Å²) in [6.45, 7) is 0.759. The number of hydrogen-bond donors (Lipinski definition) is 2. The number of nitrogens with one attached hydrogen (secondary N) is 2. The van der Waals surface area contributed by atoms with Crippen LogP contribution in [0.1, 0.15) is 37.2 Å². The molecule has 0 radical (unpaired) electrons. The second-order valence-electron chi connectivity index (χ2n) is 7.68. The van der Waals surface area contributed by atoms with E-state index < -0.39 is 18.1 Å². The third-order valence-corrected chi connectivity index (χ3v) is 5.63. The fraction of sp³-hybridized carbons (Fsp3) is 0.292. The normalized spacial score (nSPS) is 16.6. The molecule has 3 aromatic rings. The fourth-order valence-electron chi connectivity index (χ4n) is 3.61. The standard InChI is InChI=1S/C24H25ClN4O4/c1-26-24(31)33-22(17-5-9-19(25)10-6-17)23(30)28-20-11-7-16(8-12-20)18-14-27-29(15-18)21-4-2-3-13-32-21/h5-12,14-15,21-22H,2-4,13H2,1H3,(H,26,31)(H,28,30)/t21?,22-/m1/s1. The summed E-state index contributed by atoms with van der Waals surface area (Å²) in [5.74, 6) is -0.476. The van der Waals surface area contributed by atoms with Gasteiger partial charge in [-0.25, -0.2) is 9.48 Å². The predicted octanol–water partition coefficient (Wildman–Crippen LogP) is 4.94. The van der Waals surface area contributed by atoms with Crippen molar-refractivity contribution in [2.24, 2.45) is 0 Å². The molecule has 1 aliphatic heterocycles. The zero-order valence-electron chi connectivity index (χ0n) is 18.2. The number of alkyl carbamates (subject to hydrolysis) is 1. The molecule has 2 aromatic carbocycles. The summed E-state index contributed by atoms with van der Waals surface area (Å²) < 4.78 is 12.9. The van der Waals surface area contributed by atoms with Gasteiger partial charge in [0.1, 0.15) is 6.23 Å². The lowest BCUT2D eigenvalue weighted by Crippen LogP contribution is -2.29. The van der Waals surface area contributed by atoms with Crippen molar-refractivity contribution in [2.75, 3.05) is 19.0 Å². The summed E-state index contributed by atoms with van der Waals surface area (Å²) in [7, 11) is 1.43. The van der Waals surface area contributed by atoms with Crippen molar-refractivity contribution in [3.63, 3.8) is 0 Å². The van der Waals surface area contributed by atoms with Crippen LogP contribution in [-0.4, -0.2) is 35.4 Å². The highest BCUT2D eigenvalue weighted by Gasteiger charge is 2.25. The minimum absolute atomic E-state index is 0.0174. The minimum Gasteiger partial charge on any atom is -0.431 e. The van der Waals surface area contributed by atoms with Gasteiger partial charge in [-0.05, 0) is 49.1 Å². The first-order valence-corrected chi connectivity index (χ1v) is 11.1. The van der Waals surface area contributed by atoms with Crippen molar-refractivity contribution in [3.8, 4) is 11.1 Å². The van der Waals surface area contributed by atoms with Crippen LogP contribution >= 0.6 is 11.6 Å². The number of amides is 2. The average molecular weight is 469 g/mol. The van der Waals surface area contributed by atoms with Gasteiger partial charge in [-0.2, -0.15) is 5.10 Å². The molecule has 1 aliphatic rings. The number of nitrogens with zero attached hydrogens (tertiary/aromatic N) is 2. The lowest BCUT2D eigenvalue weighted by molar-refractivity contribution is -0.124. The van der Waals surface area contributed by atoms with Crippen LogP contribution in [0.15, 0.2) is 60.9 Å². The van der Waals surface area contributed by atoms with Crippen molar-refractivity contribution in [1.29, 1.82) is 0 Å². The zero-order valence-corrected chi connectivity index (χ0v) is 18.9. The topological polar surface area (TPSA) is 94.5 Å². The smallest absolute Gasteiger partial charge is 0.408 e. The number of aromatic nitrogens is 2. The molecule has 172 valence electrons. The molecule has 2 atom stereocenters. The van der Waals surface area contributed by atoms with Crippen LogP contribution in [-0.2, 0) is 14.3 Å². The summed E-state index contributed by atoms with van der Waals surface area (Å²) in [6, 6.07) is 13.9. The molecule has 8 nitrogen and oxygen atoms in total. The number of carbonyl (C=O) groups is 2. The second kappa shape index (κ2) is 10.5. The molecule has 0 aliphatic carbocycles. The average Bonchev–Trinajstić information content (AvgIpc) is 3.34. The van der Waals surface area contributed by atoms with Crippen LogP contribution in [0.3, 0.4) is 0 Å². The van der Waals surface area contributed by atoms with Gasteiger partial charge in [-0.15, -0.1) is 0 Å². The van der Waals surface area contributed by atoms with Crippen molar-refractivity contribution >= 4 is 29.3 Å². The number of benzene rings is 2. The van der Waals surface area contributed by atoms with Gasteiger partial charge in [-0.1, -0.05) is 35.9 Å². The minimum atomic E-state index is -1.13. The van der Waals surface area contributed by atoms with E-state index in [-0.39, 0.29) is 6.23 Å². The molecular weight excluding hydrogens is 444 g/mol. The first kappa shape index (κ1) is 22.8. The molecule has 2 N–H and O–H groups in total. The third-order valence-electron chi connectivity index (χ3n) is 5.38. The van der Waals surface area contributed by atoms with E-state index in [1.807, 2.05) is 23.0 Å². The molecule has 0 spiro atoms. The Morgan fingerprint density at radius 1 is 1.12 bits per heavy atom. The second-order valence-corrected chi connectivity index (χ2v) is 8.12. The van der Waals surface area contributed by atoms with Gasteiger partial charge in [0, 0.05) is 41.7 Å². The Balaban J connectivity index is 1.45. The van der Waals surface area contributed by atoms with Crippen LogP contribution in [0.4, 0.5) is 10.5 Å². The molecule has 33 heavy (non-hydrogen) atoms. The van der Waals surface area contributed by atoms with E-state index in [2.05, 4.69) is 15.7 Å². The molecular formula is C24H25ClN4O4. The van der Waals surface area contributed by atoms with E-state index in [1.165, 1.54) is 7.05 Å². The number of carbonyl (C=O) groups excluding carboxylic acids is 2. The molecule has 0 saturated carbocycles. The Hall–Kier alpha value is -3.36. The summed E-state index contributed by atoms with van der Waals surface area (Å²) in [5.41, 5.74) is 3.01. The van der Waals surface area contributed by atoms with Crippen LogP contribution in [0.25, 0.3) is 11.1 Å². The van der Waals surface area contributed by atoms with E-state index in [0.717, 1.165) is 37.0 Å². The van der Waals surface area contributed by atoms with Gasteiger partial charge in [0.2, 0.25) is 6.10 Å². The largest absolute Gasteiger partial charge is 0.431 e. The number of anilines is 1. The van der Waals surface area contributed by atoms with Crippen LogP contribution in [0.2, 0.25) is 5.02 Å². The number of rotatable bonds is 6. The molecule has 2 amide bonds. The van der Waals surface area contributed by atoms with Crippen molar-refractivity contribution in [2.45, 2.75) is 31.6 Å². The van der Waals surface area contributed by atoms with Crippen molar-refractivity contribution in [1.82, 2.24) is 15.1 Å². The lowest BCUT2D eigenvalue weighted by Gasteiger charge is -2.22. The van der Waals surface area contributed by atoms with Gasteiger partial charge < -0.3 is 20.1 Å². The van der Waals surface area contributed by atoms with Crippen molar-refractivity contribution in [3.05, 3.63) is 71.5 Å². The highest BCUT2D eigenvalue weighted by molar-refractivity contribution is 6.30. The first-order valence-electron chi connectivity index (χ1n) is 10.7. The van der Waals surface area contributed by atoms with Crippen LogP contribution in [0, 0.1) is 0 Å². The van der Waals surface area contributed by atoms with Gasteiger partial charge >= 0.3 is 6.09 Å². The highest BCUT2D eigenvalue weighted by Crippen LogP contribution is 2.27. The SMILES string of the molecule is CNC(=O)O[C@@H](C(=O)Nc1ccc(-c2cnn(C3CCCCO3)c2)cc1)c1ccc(Cl)cc1. The maximum absolute atomic E-state index is 12.9. The zero-order chi connectivity index (χ0) is 23.2. The summed E-state index contributed by atoms with van der Waals surface area (Å²) in [4.78, 5) is 24.7. The van der Waals surface area contributed by atoms with E-state index in [1.54, 1.807) is 42.6 Å². The Morgan fingerprint density at radius 2 is 1.88 bits per heavy atom. The molecule has 1 fully saturated rings. The fourth-order valence-corrected chi connectivity index (χ4v) is 3.73. The summed E-state index contributed by atoms with van der Waals surface area (Å²) >= 11 is 5.94. The monoisotopic (exact) mass is 468 g/mol. The van der Waals surface area contributed by atoms with Gasteiger partial charge in [0.25, 0.3) is 5.91 Å². The van der Waals surface area contributed by atoms with Crippen LogP contribution < -0.4 is 10.6 Å². The summed E-state index contributed by atoms with van der Waals surface area (Å²) in [6.07, 6.45) is 5.10. The molecule has 1 aromatic heterocycles. The van der Waals surface area contributed by atoms with Gasteiger partial charge in [0.15, 0.2) is 0 Å². The molecule has 4 rings (SSSR count). The molecule has 2 heterocycles. The maximum Gasteiger partial charge on any atom is 0.408 e. The third kappa shape index (κ3) is 5.71. The van der Waals surface area contributed by atoms with E-state index in [4.69, 9.17) is 21.1 Å². The van der Waals surface area contributed by atoms with Gasteiger partial charge in [0.05, 0.1) is 6.20 Å². The maximum atomic E-state index is 12.9. The predicted molar refractivity (Wildman–Crippen MR) is 125 cm³/mol. The first-order chi connectivity index (χ1) is 16.0. The Labute approximate surface area is 196 Å². The highest BCUT2D eigenvalue weighted by atomic mass is 35.5. The van der Waals surface area contributed by atoms with Crippen molar-refractivity contribution < 1.29 is 19.1 Å². The Kier molecular flexibility index (Phi) is 7.26. The number of halogens is 1. The van der Waals surface area contributed by atoms with E-state index >= 15 is 0 Å². The molecule has 9 heteroatoms. The summed E-state index contributed by atoms with van der Waals surface area (Å²) in [5, 5.41) is 10.1. The van der Waals surface area contributed by atoms with Crippen LogP contribution in [0.5, 0.6) is 0 Å².